The maximum absolute atomic E-state index is 3.58. The smallest absolute Gasteiger partial charge is 0.0471 e. The van der Waals surface area contributed by atoms with Crippen LogP contribution in [0.3, 0.4) is 0 Å². The first-order valence-corrected chi connectivity index (χ1v) is 7.97. The molecule has 0 aliphatic carbocycles. The zero-order valence-corrected chi connectivity index (χ0v) is 12.4. The van der Waals surface area contributed by atoms with Gasteiger partial charge >= 0.3 is 0 Å². The third-order valence-corrected chi connectivity index (χ3v) is 5.11. The van der Waals surface area contributed by atoms with Crippen LogP contribution in [-0.4, -0.2) is 4.98 Å². The number of aromatic amines is 1. The van der Waals surface area contributed by atoms with Gasteiger partial charge in [0.15, 0.2) is 0 Å². The van der Waals surface area contributed by atoms with Crippen molar-refractivity contribution in [3.05, 3.63) is 72.8 Å². The van der Waals surface area contributed by atoms with Crippen molar-refractivity contribution in [2.45, 2.75) is 0 Å². The van der Waals surface area contributed by atoms with Crippen LogP contribution in [0.1, 0.15) is 0 Å². The summed E-state index contributed by atoms with van der Waals surface area (Å²) in [5.41, 5.74) is 2.45. The number of nitrogens with one attached hydrogen (secondary N) is 1. The minimum absolute atomic E-state index is 1.23. The fourth-order valence-corrected chi connectivity index (χ4v) is 4.13. The molecule has 1 nitrogen and oxygen atoms in total. The van der Waals surface area contributed by atoms with E-state index in [1.54, 1.807) is 0 Å². The Kier molecular flexibility index (Phi) is 1.91. The minimum Gasteiger partial charge on any atom is -0.354 e. The summed E-state index contributed by atoms with van der Waals surface area (Å²) >= 11 is 0. The van der Waals surface area contributed by atoms with E-state index < -0.39 is 0 Å². The SMILES string of the molecule is c1ccc2cc3c(cc2c1)c1cccc2[nH]c4cccc3c4c21. The molecule has 0 atom stereocenters. The van der Waals surface area contributed by atoms with Gasteiger partial charge in [0.05, 0.1) is 0 Å². The normalized spacial score (nSPS) is 12.3. The summed E-state index contributed by atoms with van der Waals surface area (Å²) in [6, 6.07) is 26.4. The molecule has 0 fully saturated rings. The highest BCUT2D eigenvalue weighted by Gasteiger charge is 2.15. The molecule has 0 radical (unpaired) electrons. The highest BCUT2D eigenvalue weighted by molar-refractivity contribution is 6.34. The Labute approximate surface area is 132 Å². The molecule has 0 bridgehead atoms. The Morgan fingerprint density at radius 1 is 0.478 bits per heavy atom. The molecule has 1 aromatic heterocycles. The number of aromatic nitrogens is 1. The summed E-state index contributed by atoms with van der Waals surface area (Å²) < 4.78 is 0. The Balaban J connectivity index is 2.06. The van der Waals surface area contributed by atoms with Crippen molar-refractivity contribution in [3.8, 4) is 0 Å². The van der Waals surface area contributed by atoms with E-state index in [9.17, 15) is 0 Å². The van der Waals surface area contributed by atoms with Crippen molar-refractivity contribution in [1.29, 1.82) is 0 Å². The predicted octanol–water partition coefficient (Wildman–Crippen LogP) is 6.22. The van der Waals surface area contributed by atoms with E-state index in [1.165, 1.54) is 54.1 Å². The summed E-state index contributed by atoms with van der Waals surface area (Å²) in [7, 11) is 0. The molecule has 0 unspecified atom stereocenters. The van der Waals surface area contributed by atoms with Crippen molar-refractivity contribution >= 4 is 54.1 Å². The monoisotopic (exact) mass is 291 g/mol. The molecule has 1 heterocycles. The van der Waals surface area contributed by atoms with E-state index in [-0.39, 0.29) is 0 Å². The predicted molar refractivity (Wildman–Crippen MR) is 99.5 cm³/mol. The van der Waals surface area contributed by atoms with Gasteiger partial charge in [-0.25, -0.2) is 0 Å². The van der Waals surface area contributed by atoms with Crippen molar-refractivity contribution < 1.29 is 0 Å². The van der Waals surface area contributed by atoms with Gasteiger partial charge in [0.1, 0.15) is 0 Å². The van der Waals surface area contributed by atoms with Gasteiger partial charge in [-0.2, -0.15) is 0 Å². The maximum Gasteiger partial charge on any atom is 0.0471 e. The fraction of sp³-hybridized carbons (Fsp3) is 0. The van der Waals surface area contributed by atoms with Crippen LogP contribution in [-0.2, 0) is 0 Å². The lowest BCUT2D eigenvalue weighted by Gasteiger charge is -2.10. The summed E-state index contributed by atoms with van der Waals surface area (Å²) in [5, 5.41) is 10.7. The largest absolute Gasteiger partial charge is 0.354 e. The van der Waals surface area contributed by atoms with Gasteiger partial charge in [-0.1, -0.05) is 48.5 Å². The first-order valence-electron chi connectivity index (χ1n) is 7.97. The fourth-order valence-electron chi connectivity index (χ4n) is 4.13. The molecular formula is C22H13N. The zero-order valence-electron chi connectivity index (χ0n) is 12.4. The second-order valence-electron chi connectivity index (χ2n) is 6.33. The molecule has 5 aromatic carbocycles. The van der Waals surface area contributed by atoms with Crippen molar-refractivity contribution in [2.75, 3.05) is 0 Å². The first-order chi connectivity index (χ1) is 11.4. The molecule has 1 heteroatoms. The number of hydrogen-bond acceptors (Lipinski definition) is 0. The van der Waals surface area contributed by atoms with E-state index >= 15 is 0 Å². The van der Waals surface area contributed by atoms with E-state index in [4.69, 9.17) is 0 Å². The average Bonchev–Trinajstić information content (AvgIpc) is 2.99. The molecule has 23 heavy (non-hydrogen) atoms. The number of rotatable bonds is 0. The van der Waals surface area contributed by atoms with Crippen LogP contribution in [0.2, 0.25) is 0 Å². The zero-order chi connectivity index (χ0) is 15.0. The minimum atomic E-state index is 1.23. The second kappa shape index (κ2) is 3.82. The molecule has 1 N–H and O–H groups in total. The molecule has 0 saturated carbocycles. The van der Waals surface area contributed by atoms with E-state index in [2.05, 4.69) is 77.8 Å². The van der Waals surface area contributed by atoms with Gasteiger partial charge < -0.3 is 4.98 Å². The van der Waals surface area contributed by atoms with E-state index in [0.29, 0.717) is 0 Å². The summed E-state index contributed by atoms with van der Waals surface area (Å²) in [6.45, 7) is 0. The van der Waals surface area contributed by atoms with Crippen LogP contribution in [0.5, 0.6) is 0 Å². The number of hydrogen-bond donors (Lipinski definition) is 1. The Morgan fingerprint density at radius 3 is 1.52 bits per heavy atom. The Morgan fingerprint density at radius 2 is 1.00 bits per heavy atom. The molecule has 0 amide bonds. The van der Waals surface area contributed by atoms with E-state index in [0.717, 1.165) is 0 Å². The van der Waals surface area contributed by atoms with Crippen LogP contribution < -0.4 is 0 Å². The molecule has 0 aliphatic heterocycles. The molecule has 6 rings (SSSR count). The van der Waals surface area contributed by atoms with Gasteiger partial charge in [0, 0.05) is 21.8 Å². The van der Waals surface area contributed by atoms with Crippen molar-refractivity contribution in [2.24, 2.45) is 0 Å². The second-order valence-corrected chi connectivity index (χ2v) is 6.33. The summed E-state index contributed by atoms with van der Waals surface area (Å²) in [5.74, 6) is 0. The standard InChI is InChI=1S/C22H13N/c1-2-6-14-12-18-16-8-4-10-20-22(16)21-15(7-3-9-19(21)23-20)17(18)11-13(14)5-1/h1-12,23H. The number of fused-ring (bicyclic) bond motifs is 4. The molecule has 0 spiro atoms. The van der Waals surface area contributed by atoms with Crippen molar-refractivity contribution in [1.82, 2.24) is 4.98 Å². The Bertz CT molecular complexity index is 1250. The molecule has 0 aliphatic rings. The molecule has 106 valence electrons. The van der Waals surface area contributed by atoms with Gasteiger partial charge in [-0.3, -0.25) is 0 Å². The van der Waals surface area contributed by atoms with Crippen LogP contribution in [0, 0.1) is 0 Å². The third-order valence-electron chi connectivity index (χ3n) is 5.11. The quantitative estimate of drug-likeness (QED) is 0.252. The lowest BCUT2D eigenvalue weighted by Crippen LogP contribution is -1.83. The highest BCUT2D eigenvalue weighted by Crippen LogP contribution is 2.41. The highest BCUT2D eigenvalue weighted by atomic mass is 14.7. The van der Waals surface area contributed by atoms with Crippen LogP contribution in [0.4, 0.5) is 0 Å². The molecule has 6 aromatic rings. The Hall–Kier alpha value is -3.06. The molecular weight excluding hydrogens is 278 g/mol. The first kappa shape index (κ1) is 11.5. The summed E-state index contributed by atoms with van der Waals surface area (Å²) in [4.78, 5) is 3.58. The van der Waals surface area contributed by atoms with E-state index in [1.807, 2.05) is 0 Å². The van der Waals surface area contributed by atoms with Crippen molar-refractivity contribution in [3.63, 3.8) is 0 Å². The van der Waals surface area contributed by atoms with Gasteiger partial charge in [-0.15, -0.1) is 0 Å². The lowest BCUT2D eigenvalue weighted by atomic mass is 9.92. The van der Waals surface area contributed by atoms with Crippen LogP contribution >= 0.6 is 0 Å². The van der Waals surface area contributed by atoms with Gasteiger partial charge in [0.2, 0.25) is 0 Å². The number of benzene rings is 5. The molecule has 0 saturated heterocycles. The number of H-pyrrole nitrogens is 1. The summed E-state index contributed by atoms with van der Waals surface area (Å²) in [6.07, 6.45) is 0. The van der Waals surface area contributed by atoms with Gasteiger partial charge in [0.25, 0.3) is 0 Å². The lowest BCUT2D eigenvalue weighted by molar-refractivity contribution is 1.55. The maximum atomic E-state index is 3.58. The van der Waals surface area contributed by atoms with Crippen LogP contribution in [0.25, 0.3) is 54.1 Å². The van der Waals surface area contributed by atoms with Gasteiger partial charge in [-0.05, 0) is 56.6 Å². The topological polar surface area (TPSA) is 15.8 Å². The van der Waals surface area contributed by atoms with Crippen LogP contribution in [0.15, 0.2) is 72.8 Å². The third kappa shape index (κ3) is 1.33. The average molecular weight is 291 g/mol.